The number of hydrogen-bond acceptors (Lipinski definition) is 2. The van der Waals surface area contributed by atoms with Crippen molar-refractivity contribution in [2.24, 2.45) is 11.8 Å². The maximum atomic E-state index is 11.3. The van der Waals surface area contributed by atoms with Crippen molar-refractivity contribution in [3.05, 3.63) is 20.6 Å². The Morgan fingerprint density at radius 2 is 2.31 bits per heavy atom. The number of rotatable bonds is 2. The van der Waals surface area contributed by atoms with E-state index in [0.717, 1.165) is 4.91 Å². The fraction of sp³-hybridized carbons (Fsp3) is 0.429. The Labute approximate surface area is 107 Å². The topological polar surface area (TPSA) is 55.1 Å². The first-order valence-electron chi connectivity index (χ1n) is 3.67. The largest absolute Gasteiger partial charge is 0.259 e. The Morgan fingerprint density at radius 3 is 2.77 bits per heavy atom. The van der Waals surface area contributed by atoms with Gasteiger partial charge in [0.2, 0.25) is 0 Å². The molecular weight excluding hydrogens is 414 g/mol. The summed E-state index contributed by atoms with van der Waals surface area (Å²) in [6, 6.07) is 0. The van der Waals surface area contributed by atoms with Crippen molar-refractivity contribution in [1.82, 2.24) is 4.83 Å². The minimum Gasteiger partial charge on any atom is -0.259 e. The number of nitrogens with one attached hydrogen (secondary N) is 1. The third-order valence-corrected chi connectivity index (χ3v) is 5.47. The lowest BCUT2D eigenvalue weighted by Crippen LogP contribution is -2.27. The van der Waals surface area contributed by atoms with Crippen molar-refractivity contribution in [3.63, 3.8) is 0 Å². The van der Waals surface area contributed by atoms with Gasteiger partial charge in [0.15, 0.2) is 0 Å². The lowest BCUT2D eigenvalue weighted by atomic mass is 10.0. The van der Waals surface area contributed by atoms with Crippen molar-refractivity contribution in [3.8, 4) is 0 Å². The first-order chi connectivity index (χ1) is 6.06. The van der Waals surface area contributed by atoms with E-state index in [-0.39, 0.29) is 0 Å². The second kappa shape index (κ2) is 5.19. The fourth-order valence-electron chi connectivity index (χ4n) is 0.952. The van der Waals surface area contributed by atoms with Crippen molar-refractivity contribution in [1.29, 1.82) is 0 Å². The molecule has 0 aromatic heterocycles. The standard InChI is InChI=1S/C7H10I2N2OS/c1-4-6(8)2-5(3-7(4)9)13(12)11-10/h2-4,6,11H,10H2,1H3. The van der Waals surface area contributed by atoms with Crippen LogP contribution in [0.4, 0.5) is 0 Å². The summed E-state index contributed by atoms with van der Waals surface area (Å²) < 4.78 is 12.9. The van der Waals surface area contributed by atoms with E-state index in [4.69, 9.17) is 5.84 Å². The molecule has 6 heteroatoms. The summed E-state index contributed by atoms with van der Waals surface area (Å²) in [7, 11) is -1.27. The summed E-state index contributed by atoms with van der Waals surface area (Å²) in [6.07, 6.45) is 3.92. The number of halogens is 2. The first kappa shape index (κ1) is 12.1. The fourth-order valence-corrected chi connectivity index (χ4v) is 4.23. The van der Waals surface area contributed by atoms with Crippen LogP contribution < -0.4 is 10.7 Å². The van der Waals surface area contributed by atoms with Crippen molar-refractivity contribution in [2.45, 2.75) is 10.8 Å². The number of hydrogen-bond donors (Lipinski definition) is 2. The highest BCUT2D eigenvalue weighted by Crippen LogP contribution is 2.33. The lowest BCUT2D eigenvalue weighted by Gasteiger charge is -2.20. The van der Waals surface area contributed by atoms with Crippen LogP contribution in [0.15, 0.2) is 20.6 Å². The highest BCUT2D eigenvalue weighted by molar-refractivity contribution is 14.1. The number of nitrogens with two attached hydrogens (primary N) is 1. The van der Waals surface area contributed by atoms with Gasteiger partial charge in [-0.3, -0.25) is 5.84 Å². The summed E-state index contributed by atoms with van der Waals surface area (Å²) in [6.45, 7) is 2.15. The van der Waals surface area contributed by atoms with Gasteiger partial charge < -0.3 is 0 Å². The molecule has 0 radical (unpaired) electrons. The highest BCUT2D eigenvalue weighted by Gasteiger charge is 2.21. The monoisotopic (exact) mass is 424 g/mol. The zero-order valence-electron chi connectivity index (χ0n) is 6.96. The van der Waals surface area contributed by atoms with Gasteiger partial charge in [0.1, 0.15) is 11.0 Å². The highest BCUT2D eigenvalue weighted by atomic mass is 127. The van der Waals surface area contributed by atoms with Crippen LogP contribution in [0.1, 0.15) is 6.92 Å². The molecule has 1 aliphatic rings. The Balaban J connectivity index is 2.90. The van der Waals surface area contributed by atoms with E-state index in [1.54, 1.807) is 0 Å². The van der Waals surface area contributed by atoms with Gasteiger partial charge in [-0.25, -0.2) is 4.21 Å². The van der Waals surface area contributed by atoms with Crippen LogP contribution in [0.2, 0.25) is 0 Å². The second-order valence-corrected chi connectivity index (χ2v) is 6.65. The number of alkyl halides is 1. The molecule has 1 rings (SSSR count). The van der Waals surface area contributed by atoms with Gasteiger partial charge in [-0.2, -0.15) is 4.83 Å². The number of allylic oxidation sites excluding steroid dienone is 3. The van der Waals surface area contributed by atoms with Crippen LogP contribution in [0.25, 0.3) is 0 Å². The second-order valence-electron chi connectivity index (χ2n) is 2.72. The quantitative estimate of drug-likeness (QED) is 0.308. The van der Waals surface area contributed by atoms with E-state index < -0.39 is 11.0 Å². The molecule has 0 heterocycles. The van der Waals surface area contributed by atoms with Gasteiger partial charge in [0, 0.05) is 9.84 Å². The van der Waals surface area contributed by atoms with Crippen LogP contribution in [0.5, 0.6) is 0 Å². The predicted octanol–water partition coefficient (Wildman–Crippen LogP) is 1.77. The molecule has 3 nitrogen and oxygen atoms in total. The van der Waals surface area contributed by atoms with E-state index in [1.807, 2.05) is 12.2 Å². The van der Waals surface area contributed by atoms with E-state index >= 15 is 0 Å². The minimum absolute atomic E-state index is 0.391. The normalized spacial score (nSPS) is 30.8. The molecule has 74 valence electrons. The van der Waals surface area contributed by atoms with Gasteiger partial charge in [-0.1, -0.05) is 35.6 Å². The van der Waals surface area contributed by atoms with E-state index in [9.17, 15) is 4.21 Å². The molecule has 3 unspecified atom stereocenters. The SMILES string of the molecule is CC1C(I)=CC(S(=O)NN)=CC1I. The van der Waals surface area contributed by atoms with E-state index in [0.29, 0.717) is 9.84 Å². The molecular formula is C7H10I2N2OS. The Hall–Kier alpha value is 1.01. The molecule has 0 saturated heterocycles. The number of hydrazine groups is 1. The maximum absolute atomic E-state index is 11.3. The van der Waals surface area contributed by atoms with Crippen molar-refractivity contribution >= 4 is 56.2 Å². The van der Waals surface area contributed by atoms with Crippen LogP contribution in [-0.2, 0) is 11.0 Å². The molecule has 0 saturated carbocycles. The zero-order valence-corrected chi connectivity index (χ0v) is 12.1. The van der Waals surface area contributed by atoms with Crippen molar-refractivity contribution < 1.29 is 4.21 Å². The Kier molecular flexibility index (Phi) is 4.83. The van der Waals surface area contributed by atoms with Crippen LogP contribution in [0.3, 0.4) is 0 Å². The third kappa shape index (κ3) is 2.98. The van der Waals surface area contributed by atoms with Crippen LogP contribution in [0, 0.1) is 5.92 Å². The van der Waals surface area contributed by atoms with E-state index in [2.05, 4.69) is 56.9 Å². The Bertz CT molecular complexity index is 290. The summed E-state index contributed by atoms with van der Waals surface area (Å²) in [4.78, 5) is 3.01. The first-order valence-corrected chi connectivity index (χ1v) is 7.14. The van der Waals surface area contributed by atoms with Crippen LogP contribution >= 0.6 is 45.2 Å². The Morgan fingerprint density at radius 1 is 1.69 bits per heavy atom. The molecule has 0 amide bonds. The average Bonchev–Trinajstić information content (AvgIpc) is 2.12. The summed E-state index contributed by atoms with van der Waals surface area (Å²) in [5.41, 5.74) is 0. The molecule has 0 aromatic carbocycles. The third-order valence-electron chi connectivity index (χ3n) is 1.84. The predicted molar refractivity (Wildman–Crippen MR) is 72.6 cm³/mol. The van der Waals surface area contributed by atoms with Crippen molar-refractivity contribution in [2.75, 3.05) is 0 Å². The summed E-state index contributed by atoms with van der Waals surface area (Å²) >= 11 is 4.61. The minimum atomic E-state index is -1.27. The molecule has 0 bridgehead atoms. The summed E-state index contributed by atoms with van der Waals surface area (Å²) in [5.74, 6) is 5.60. The van der Waals surface area contributed by atoms with Gasteiger partial charge in [0.05, 0.1) is 4.91 Å². The van der Waals surface area contributed by atoms with Gasteiger partial charge >= 0.3 is 0 Å². The molecule has 13 heavy (non-hydrogen) atoms. The van der Waals surface area contributed by atoms with Gasteiger partial charge in [-0.05, 0) is 32.2 Å². The van der Waals surface area contributed by atoms with E-state index in [1.165, 1.54) is 3.58 Å². The lowest BCUT2D eigenvalue weighted by molar-refractivity contribution is 0.678. The molecule has 0 fully saturated rings. The molecule has 3 N–H and O–H groups in total. The molecule has 1 aliphatic carbocycles. The molecule has 3 atom stereocenters. The summed E-state index contributed by atoms with van der Waals surface area (Å²) in [5, 5.41) is 0. The smallest absolute Gasteiger partial charge is 0.138 e. The van der Waals surface area contributed by atoms with Gasteiger partial charge in [0.25, 0.3) is 0 Å². The van der Waals surface area contributed by atoms with Crippen LogP contribution in [-0.4, -0.2) is 8.13 Å². The average molecular weight is 424 g/mol. The molecule has 0 aliphatic heterocycles. The van der Waals surface area contributed by atoms with Gasteiger partial charge in [-0.15, -0.1) is 0 Å². The molecule has 0 spiro atoms. The zero-order chi connectivity index (χ0) is 10.0. The molecule has 0 aromatic rings. The maximum Gasteiger partial charge on any atom is 0.138 e.